The van der Waals surface area contributed by atoms with Gasteiger partial charge < -0.3 is 4.42 Å². The van der Waals surface area contributed by atoms with Crippen molar-refractivity contribution in [3.05, 3.63) is 94.5 Å². The first-order valence-corrected chi connectivity index (χ1v) is 9.21. The summed E-state index contributed by atoms with van der Waals surface area (Å²) in [6.07, 6.45) is 5.27. The van der Waals surface area contributed by atoms with Gasteiger partial charge in [0.1, 0.15) is 0 Å². The molecule has 0 radical (unpaired) electrons. The largest absolute Gasteiger partial charge is 0.431 e. The maximum Gasteiger partial charge on any atom is 0.335 e. The van der Waals surface area contributed by atoms with Gasteiger partial charge in [-0.1, -0.05) is 61.5 Å². The molecule has 0 bridgehead atoms. The van der Waals surface area contributed by atoms with Gasteiger partial charge in [-0.15, -0.1) is 0 Å². The van der Waals surface area contributed by atoms with E-state index in [1.165, 1.54) is 53.1 Å². The third-order valence-corrected chi connectivity index (χ3v) is 5.24. The molecule has 2 nitrogen and oxygen atoms in total. The van der Waals surface area contributed by atoms with Gasteiger partial charge in [0.05, 0.1) is 6.26 Å². The third-order valence-electron chi connectivity index (χ3n) is 5.24. The molecule has 0 fully saturated rings. The molecule has 0 saturated carbocycles. The molecule has 0 N–H and O–H groups in total. The minimum absolute atomic E-state index is 0.303. The zero-order valence-electron chi connectivity index (χ0n) is 14.9. The average Bonchev–Trinajstić information content (AvgIpc) is 2.68. The summed E-state index contributed by atoms with van der Waals surface area (Å²) in [4.78, 5) is 10.1. The molecule has 1 heterocycles. The molecule has 1 atom stereocenters. The van der Waals surface area contributed by atoms with E-state index in [1.54, 1.807) is 23.3 Å². The Kier molecular flexibility index (Phi) is 4.57. The van der Waals surface area contributed by atoms with E-state index in [0.717, 1.165) is 0 Å². The second-order valence-corrected chi connectivity index (χ2v) is 6.94. The van der Waals surface area contributed by atoms with E-state index in [9.17, 15) is 4.79 Å². The first-order valence-electron chi connectivity index (χ1n) is 9.21. The van der Waals surface area contributed by atoms with Crippen LogP contribution in [0.2, 0.25) is 0 Å². The molecule has 5 rings (SSSR count). The average molecular weight is 342 g/mol. The highest BCUT2D eigenvalue weighted by atomic mass is 16.4. The fourth-order valence-electron chi connectivity index (χ4n) is 4.02. The van der Waals surface area contributed by atoms with Crippen LogP contribution in [0, 0.1) is 0 Å². The maximum atomic E-state index is 10.1. The molecule has 0 saturated heterocycles. The van der Waals surface area contributed by atoms with E-state index in [-0.39, 0.29) is 5.63 Å². The molecule has 0 spiro atoms. The van der Waals surface area contributed by atoms with Crippen molar-refractivity contribution in [3.8, 4) is 0 Å². The SMILES string of the molecule is CC1CCCc2ccc3c(ccc4ccccc43)c21.O=c1cccco1. The highest BCUT2D eigenvalue weighted by molar-refractivity contribution is 6.08. The Labute approximate surface area is 153 Å². The normalized spacial score (nSPS) is 16.0. The molecule has 130 valence electrons. The van der Waals surface area contributed by atoms with Crippen molar-refractivity contribution in [1.29, 1.82) is 0 Å². The molecule has 0 aliphatic heterocycles. The Hall–Kier alpha value is -2.87. The standard InChI is InChI=1S/C19H18.C5H4O2/c1-13-5-4-7-15-10-11-17-16-8-3-2-6-14(16)9-12-18(17)19(13)15;6-5-3-1-2-4-7-5/h2-3,6,8-13H,4-5,7H2,1H3;1-4H. The molecule has 0 amide bonds. The topological polar surface area (TPSA) is 30.2 Å². The van der Waals surface area contributed by atoms with Crippen molar-refractivity contribution in [2.24, 2.45) is 0 Å². The van der Waals surface area contributed by atoms with Gasteiger partial charge in [0.15, 0.2) is 0 Å². The fourth-order valence-corrected chi connectivity index (χ4v) is 4.02. The highest BCUT2D eigenvalue weighted by Crippen LogP contribution is 2.38. The summed E-state index contributed by atoms with van der Waals surface area (Å²) < 4.78 is 4.37. The quantitative estimate of drug-likeness (QED) is 0.363. The predicted octanol–water partition coefficient (Wildman–Crippen LogP) is 6.07. The lowest BCUT2D eigenvalue weighted by atomic mass is 9.80. The lowest BCUT2D eigenvalue weighted by molar-refractivity contribution is 0.511. The summed E-state index contributed by atoms with van der Waals surface area (Å²) >= 11 is 0. The highest BCUT2D eigenvalue weighted by Gasteiger charge is 2.19. The summed E-state index contributed by atoms with van der Waals surface area (Å²) in [6.45, 7) is 2.38. The molecule has 1 unspecified atom stereocenters. The first-order chi connectivity index (χ1) is 12.7. The van der Waals surface area contributed by atoms with Crippen LogP contribution < -0.4 is 5.63 Å². The number of fused-ring (bicyclic) bond motifs is 5. The Balaban J connectivity index is 0.000000204. The second-order valence-electron chi connectivity index (χ2n) is 6.94. The molecule has 2 heteroatoms. The number of hydrogen-bond acceptors (Lipinski definition) is 2. The van der Waals surface area contributed by atoms with Gasteiger partial charge in [0.2, 0.25) is 0 Å². The van der Waals surface area contributed by atoms with Crippen molar-refractivity contribution in [3.63, 3.8) is 0 Å². The maximum absolute atomic E-state index is 10.1. The number of benzene rings is 3. The zero-order chi connectivity index (χ0) is 17.9. The van der Waals surface area contributed by atoms with Crippen LogP contribution in [0.1, 0.15) is 36.8 Å². The first kappa shape index (κ1) is 16.6. The van der Waals surface area contributed by atoms with Crippen LogP contribution in [0.5, 0.6) is 0 Å². The van der Waals surface area contributed by atoms with Crippen molar-refractivity contribution in [1.82, 2.24) is 0 Å². The Bertz CT molecular complexity index is 1090. The number of aryl methyl sites for hydroxylation is 1. The van der Waals surface area contributed by atoms with Gasteiger partial charge in [-0.25, -0.2) is 4.79 Å². The number of rotatable bonds is 0. The third kappa shape index (κ3) is 3.15. The summed E-state index contributed by atoms with van der Waals surface area (Å²) in [6, 6.07) is 22.7. The van der Waals surface area contributed by atoms with Crippen molar-refractivity contribution in [2.75, 3.05) is 0 Å². The van der Waals surface area contributed by atoms with Crippen LogP contribution in [-0.4, -0.2) is 0 Å². The Morgan fingerprint density at radius 1 is 0.846 bits per heavy atom. The van der Waals surface area contributed by atoms with E-state index in [2.05, 4.69) is 59.9 Å². The van der Waals surface area contributed by atoms with E-state index in [1.807, 2.05) is 0 Å². The van der Waals surface area contributed by atoms with Gasteiger partial charge in [-0.2, -0.15) is 0 Å². The fraction of sp³-hybridized carbons (Fsp3) is 0.208. The molecule has 26 heavy (non-hydrogen) atoms. The lowest BCUT2D eigenvalue weighted by Gasteiger charge is -2.24. The summed E-state index contributed by atoms with van der Waals surface area (Å²) in [5, 5.41) is 5.63. The summed E-state index contributed by atoms with van der Waals surface area (Å²) in [5.41, 5.74) is 2.87. The van der Waals surface area contributed by atoms with Gasteiger partial charge in [-0.05, 0) is 63.9 Å². The van der Waals surface area contributed by atoms with E-state index in [4.69, 9.17) is 0 Å². The Morgan fingerprint density at radius 2 is 1.65 bits per heavy atom. The lowest BCUT2D eigenvalue weighted by Crippen LogP contribution is -2.07. The molecule has 3 aromatic carbocycles. The smallest absolute Gasteiger partial charge is 0.335 e. The molecule has 4 aromatic rings. The van der Waals surface area contributed by atoms with Crippen molar-refractivity contribution < 1.29 is 4.42 Å². The molecular weight excluding hydrogens is 320 g/mol. The minimum Gasteiger partial charge on any atom is -0.431 e. The molecular formula is C24H22O2. The number of hydrogen-bond donors (Lipinski definition) is 0. The van der Waals surface area contributed by atoms with Crippen LogP contribution in [0.15, 0.2) is 82.2 Å². The Morgan fingerprint density at radius 3 is 2.42 bits per heavy atom. The van der Waals surface area contributed by atoms with E-state index < -0.39 is 0 Å². The van der Waals surface area contributed by atoms with Crippen LogP contribution in [0.25, 0.3) is 21.5 Å². The van der Waals surface area contributed by atoms with Gasteiger partial charge in [0.25, 0.3) is 0 Å². The molecule has 1 aliphatic rings. The van der Waals surface area contributed by atoms with Gasteiger partial charge in [0, 0.05) is 6.07 Å². The monoisotopic (exact) mass is 342 g/mol. The second kappa shape index (κ2) is 7.17. The molecule has 1 aliphatic carbocycles. The van der Waals surface area contributed by atoms with Crippen molar-refractivity contribution >= 4 is 21.5 Å². The van der Waals surface area contributed by atoms with Crippen LogP contribution in [0.4, 0.5) is 0 Å². The predicted molar refractivity (Wildman–Crippen MR) is 108 cm³/mol. The minimum atomic E-state index is -0.303. The van der Waals surface area contributed by atoms with Crippen LogP contribution in [-0.2, 0) is 6.42 Å². The van der Waals surface area contributed by atoms with Crippen molar-refractivity contribution in [2.45, 2.75) is 32.1 Å². The summed E-state index contributed by atoms with van der Waals surface area (Å²) in [7, 11) is 0. The zero-order valence-corrected chi connectivity index (χ0v) is 14.9. The van der Waals surface area contributed by atoms with Gasteiger partial charge in [-0.3, -0.25) is 0 Å². The van der Waals surface area contributed by atoms with Crippen LogP contribution >= 0.6 is 0 Å². The summed E-state index contributed by atoms with van der Waals surface area (Å²) in [5.74, 6) is 0.702. The van der Waals surface area contributed by atoms with Gasteiger partial charge >= 0.3 is 5.63 Å². The van der Waals surface area contributed by atoms with E-state index >= 15 is 0 Å². The van der Waals surface area contributed by atoms with Crippen LogP contribution in [0.3, 0.4) is 0 Å². The van der Waals surface area contributed by atoms with E-state index in [0.29, 0.717) is 5.92 Å². The molecule has 1 aromatic heterocycles.